The molecule has 180 valence electrons. The molecule has 4 rings (SSSR count). The third-order valence-electron chi connectivity index (χ3n) is 5.82. The van der Waals surface area contributed by atoms with Crippen molar-refractivity contribution >= 4 is 29.1 Å². The monoisotopic (exact) mass is 493 g/mol. The number of nitrogens with zero attached hydrogens (tertiary/aromatic N) is 3. The van der Waals surface area contributed by atoms with Gasteiger partial charge in [-0.15, -0.1) is 0 Å². The number of benzene rings is 3. The molecular formula is C27H25ClFN3O3. The average molecular weight is 494 g/mol. The van der Waals surface area contributed by atoms with Crippen LogP contribution in [-0.4, -0.2) is 54.2 Å². The maximum Gasteiger partial charge on any atom is 0.262 e. The van der Waals surface area contributed by atoms with E-state index < -0.39 is 11.9 Å². The Morgan fingerprint density at radius 3 is 2.46 bits per heavy atom. The summed E-state index contributed by atoms with van der Waals surface area (Å²) in [4.78, 5) is 28.2. The summed E-state index contributed by atoms with van der Waals surface area (Å²) in [7, 11) is 1.52. The largest absolute Gasteiger partial charge is 0.383 e. The first kappa shape index (κ1) is 24.6. The second kappa shape index (κ2) is 11.3. The van der Waals surface area contributed by atoms with Crippen molar-refractivity contribution in [2.75, 3.05) is 26.8 Å². The van der Waals surface area contributed by atoms with Gasteiger partial charge in [-0.05, 0) is 23.8 Å². The van der Waals surface area contributed by atoms with Crippen molar-refractivity contribution in [3.63, 3.8) is 0 Å². The van der Waals surface area contributed by atoms with Gasteiger partial charge in [-0.3, -0.25) is 9.59 Å². The van der Waals surface area contributed by atoms with Gasteiger partial charge in [0.05, 0.1) is 28.9 Å². The first-order valence-corrected chi connectivity index (χ1v) is 11.6. The van der Waals surface area contributed by atoms with Crippen molar-refractivity contribution in [1.82, 2.24) is 9.91 Å². The number of rotatable bonds is 8. The summed E-state index contributed by atoms with van der Waals surface area (Å²) in [5.41, 5.74) is 2.00. The minimum absolute atomic E-state index is 0.194. The van der Waals surface area contributed by atoms with Crippen LogP contribution in [0.2, 0.25) is 5.02 Å². The lowest BCUT2D eigenvalue weighted by Crippen LogP contribution is -2.42. The summed E-state index contributed by atoms with van der Waals surface area (Å²) in [5, 5.41) is 6.18. The van der Waals surface area contributed by atoms with Gasteiger partial charge in [-0.2, -0.15) is 5.10 Å². The predicted molar refractivity (Wildman–Crippen MR) is 133 cm³/mol. The quantitative estimate of drug-likeness (QED) is 0.446. The molecule has 0 aliphatic carbocycles. The van der Waals surface area contributed by atoms with Crippen LogP contribution in [0.3, 0.4) is 0 Å². The summed E-state index contributed by atoms with van der Waals surface area (Å²) >= 11 is 6.23. The molecule has 2 amide bonds. The van der Waals surface area contributed by atoms with Crippen LogP contribution < -0.4 is 0 Å². The lowest BCUT2D eigenvalue weighted by Gasteiger charge is -2.27. The van der Waals surface area contributed by atoms with Crippen LogP contribution in [0.4, 0.5) is 4.39 Å². The Morgan fingerprint density at radius 1 is 1.06 bits per heavy atom. The normalized spacial score (nSPS) is 15.1. The van der Waals surface area contributed by atoms with Crippen molar-refractivity contribution < 1.29 is 18.7 Å². The Balaban J connectivity index is 1.64. The highest BCUT2D eigenvalue weighted by atomic mass is 35.5. The number of carbonyl (C=O) groups is 2. The maximum atomic E-state index is 14.5. The topological polar surface area (TPSA) is 62.2 Å². The van der Waals surface area contributed by atoms with E-state index >= 15 is 0 Å². The van der Waals surface area contributed by atoms with Gasteiger partial charge < -0.3 is 9.64 Å². The van der Waals surface area contributed by atoms with E-state index in [-0.39, 0.29) is 31.5 Å². The molecule has 3 aromatic rings. The Kier molecular flexibility index (Phi) is 7.90. The molecule has 1 heterocycles. The van der Waals surface area contributed by atoms with Gasteiger partial charge >= 0.3 is 0 Å². The molecule has 1 aliphatic rings. The van der Waals surface area contributed by atoms with E-state index in [1.807, 2.05) is 30.3 Å². The molecule has 6 nitrogen and oxygen atoms in total. The van der Waals surface area contributed by atoms with Crippen LogP contribution in [0.15, 0.2) is 84.0 Å². The zero-order valence-corrected chi connectivity index (χ0v) is 20.0. The van der Waals surface area contributed by atoms with Crippen LogP contribution in [0, 0.1) is 5.82 Å². The number of hydrogen-bond acceptors (Lipinski definition) is 4. The first-order valence-electron chi connectivity index (χ1n) is 11.2. The number of amides is 2. The molecular weight excluding hydrogens is 469 g/mol. The molecule has 0 spiro atoms. The van der Waals surface area contributed by atoms with Crippen LogP contribution in [-0.2, 0) is 9.53 Å². The van der Waals surface area contributed by atoms with E-state index in [9.17, 15) is 14.0 Å². The van der Waals surface area contributed by atoms with Crippen LogP contribution in [0.1, 0.15) is 33.9 Å². The fourth-order valence-corrected chi connectivity index (χ4v) is 4.24. The highest BCUT2D eigenvalue weighted by Gasteiger charge is 2.35. The summed E-state index contributed by atoms with van der Waals surface area (Å²) < 4.78 is 19.7. The number of hydrogen-bond donors (Lipinski definition) is 0. The van der Waals surface area contributed by atoms with Crippen molar-refractivity contribution in [2.24, 2.45) is 5.10 Å². The zero-order chi connectivity index (χ0) is 24.8. The Hall–Kier alpha value is -3.55. The van der Waals surface area contributed by atoms with Gasteiger partial charge in [0, 0.05) is 25.6 Å². The second-order valence-electron chi connectivity index (χ2n) is 8.09. The fourth-order valence-electron chi connectivity index (χ4n) is 4.03. The number of halogens is 2. The first-order chi connectivity index (χ1) is 17.0. The lowest BCUT2D eigenvalue weighted by atomic mass is 9.98. The molecule has 0 saturated carbocycles. The van der Waals surface area contributed by atoms with Crippen LogP contribution >= 0.6 is 11.6 Å². The molecule has 1 aliphatic heterocycles. The molecule has 1 atom stereocenters. The average Bonchev–Trinajstić information content (AvgIpc) is 3.32. The molecule has 0 radical (unpaired) electrons. The lowest BCUT2D eigenvalue weighted by molar-refractivity contribution is -0.133. The van der Waals surface area contributed by atoms with E-state index in [1.54, 1.807) is 42.5 Å². The van der Waals surface area contributed by atoms with E-state index in [0.29, 0.717) is 28.3 Å². The highest BCUT2D eigenvalue weighted by Crippen LogP contribution is 2.33. The van der Waals surface area contributed by atoms with Crippen LogP contribution in [0.25, 0.3) is 0 Å². The maximum absolute atomic E-state index is 14.5. The molecule has 0 aromatic heterocycles. The van der Waals surface area contributed by atoms with Gasteiger partial charge in [-0.25, -0.2) is 9.40 Å². The SMILES string of the molecule is COCCN(CC(=O)N1N=C(c2ccccc2F)C[C@@H]1c1ccccc1)C(=O)c1ccccc1Cl. The van der Waals surface area contributed by atoms with Gasteiger partial charge in [0.25, 0.3) is 11.8 Å². The molecule has 0 N–H and O–H groups in total. The number of methoxy groups -OCH3 is 1. The Labute approximate surface area is 208 Å². The van der Waals surface area contributed by atoms with Crippen molar-refractivity contribution in [2.45, 2.75) is 12.5 Å². The van der Waals surface area contributed by atoms with Crippen molar-refractivity contribution in [3.05, 3.63) is 106 Å². The van der Waals surface area contributed by atoms with E-state index in [1.165, 1.54) is 23.1 Å². The molecule has 0 fully saturated rings. The molecule has 0 bridgehead atoms. The highest BCUT2D eigenvalue weighted by molar-refractivity contribution is 6.33. The smallest absolute Gasteiger partial charge is 0.262 e. The Morgan fingerprint density at radius 2 is 1.74 bits per heavy atom. The van der Waals surface area contributed by atoms with Gasteiger partial charge in [-0.1, -0.05) is 72.3 Å². The predicted octanol–water partition coefficient (Wildman–Crippen LogP) is 4.95. The van der Waals surface area contributed by atoms with Crippen LogP contribution in [0.5, 0.6) is 0 Å². The fraction of sp³-hybridized carbons (Fsp3) is 0.222. The minimum atomic E-state index is -0.419. The standard InChI is InChI=1S/C27H25ClFN3O3/c1-35-16-15-31(27(34)20-11-5-7-13-22(20)28)18-26(33)32-25(19-9-3-2-4-10-19)17-24(30-32)21-12-6-8-14-23(21)29/h2-14,25H,15-18H2,1H3/t25-/m1/s1. The zero-order valence-electron chi connectivity index (χ0n) is 19.2. The summed E-state index contributed by atoms with van der Waals surface area (Å²) in [6, 6.07) is 22.1. The van der Waals surface area contributed by atoms with Gasteiger partial charge in [0.15, 0.2) is 0 Å². The van der Waals surface area contributed by atoms with Gasteiger partial charge in [0.2, 0.25) is 0 Å². The summed E-state index contributed by atoms with van der Waals surface area (Å²) in [6.07, 6.45) is 0.354. The molecule has 3 aromatic carbocycles. The number of hydrazone groups is 1. The van der Waals surface area contributed by atoms with Crippen molar-refractivity contribution in [3.8, 4) is 0 Å². The number of carbonyl (C=O) groups excluding carboxylic acids is 2. The number of ether oxygens (including phenoxy) is 1. The third kappa shape index (κ3) is 5.58. The van der Waals surface area contributed by atoms with Crippen molar-refractivity contribution in [1.29, 1.82) is 0 Å². The summed E-state index contributed by atoms with van der Waals surface area (Å²) in [6.45, 7) is 0.208. The Bertz CT molecular complexity index is 1240. The van der Waals surface area contributed by atoms with E-state index in [2.05, 4.69) is 5.10 Å². The van der Waals surface area contributed by atoms with Gasteiger partial charge in [0.1, 0.15) is 12.4 Å². The molecule has 35 heavy (non-hydrogen) atoms. The molecule has 0 saturated heterocycles. The molecule has 0 unspecified atom stereocenters. The van der Waals surface area contributed by atoms with E-state index in [4.69, 9.17) is 16.3 Å². The third-order valence-corrected chi connectivity index (χ3v) is 6.15. The minimum Gasteiger partial charge on any atom is -0.383 e. The summed E-state index contributed by atoms with van der Waals surface area (Å²) in [5.74, 6) is -1.17. The second-order valence-corrected chi connectivity index (χ2v) is 8.50. The molecule has 8 heteroatoms. The van der Waals surface area contributed by atoms with E-state index in [0.717, 1.165) is 5.56 Å².